The molecule has 4 nitrogen and oxygen atoms in total. The summed E-state index contributed by atoms with van der Waals surface area (Å²) in [5.41, 5.74) is 2.83. The van der Waals surface area contributed by atoms with E-state index in [-0.39, 0.29) is 0 Å². The smallest absolute Gasteiger partial charge is 0.208 e. The minimum absolute atomic E-state index is 0.495. The third kappa shape index (κ3) is 3.60. The van der Waals surface area contributed by atoms with Crippen LogP contribution in [0.3, 0.4) is 0 Å². The summed E-state index contributed by atoms with van der Waals surface area (Å²) in [7, 11) is 0. The van der Waals surface area contributed by atoms with Gasteiger partial charge in [0.25, 0.3) is 0 Å². The van der Waals surface area contributed by atoms with E-state index in [0.29, 0.717) is 18.0 Å². The molecule has 0 amide bonds. The molecule has 4 heteroatoms. The number of hydrogen-bond donors (Lipinski definition) is 2. The molecule has 2 rings (SSSR count). The van der Waals surface area contributed by atoms with Crippen LogP contribution in [0.15, 0.2) is 4.99 Å². The number of hydrazine groups is 1. The number of hydrogen-bond acceptors (Lipinski definition) is 2. The first-order valence-electron chi connectivity index (χ1n) is 7.01. The van der Waals surface area contributed by atoms with Crippen molar-refractivity contribution in [2.24, 2.45) is 16.8 Å². The molecule has 2 aliphatic carbocycles. The Balaban J connectivity index is 2.01. The Bertz CT molecular complexity index is 265. The van der Waals surface area contributed by atoms with Gasteiger partial charge in [0.2, 0.25) is 5.96 Å². The molecule has 2 aliphatic rings. The van der Waals surface area contributed by atoms with Crippen molar-refractivity contribution in [2.75, 3.05) is 6.54 Å². The minimum atomic E-state index is 0.495. The van der Waals surface area contributed by atoms with E-state index in [0.717, 1.165) is 12.5 Å². The molecule has 0 radical (unpaired) electrons. The zero-order valence-corrected chi connectivity index (χ0v) is 11.2. The first-order valence-corrected chi connectivity index (χ1v) is 7.01. The molecule has 0 spiro atoms. The van der Waals surface area contributed by atoms with Crippen LogP contribution in [0.2, 0.25) is 0 Å². The highest BCUT2D eigenvalue weighted by Gasteiger charge is 2.32. The highest BCUT2D eigenvalue weighted by molar-refractivity contribution is 5.80. The van der Waals surface area contributed by atoms with E-state index >= 15 is 0 Å². The molecule has 98 valence electrons. The van der Waals surface area contributed by atoms with Crippen LogP contribution in [0.5, 0.6) is 0 Å². The highest BCUT2D eigenvalue weighted by Crippen LogP contribution is 2.28. The molecule has 0 bridgehead atoms. The summed E-state index contributed by atoms with van der Waals surface area (Å²) in [6.07, 6.45) is 7.67. The molecule has 0 aromatic rings. The lowest BCUT2D eigenvalue weighted by molar-refractivity contribution is 0.343. The van der Waals surface area contributed by atoms with Gasteiger partial charge in [0.15, 0.2) is 0 Å². The fourth-order valence-corrected chi connectivity index (χ4v) is 2.59. The first kappa shape index (κ1) is 12.7. The maximum atomic E-state index is 5.67. The van der Waals surface area contributed by atoms with E-state index in [4.69, 9.17) is 10.8 Å². The molecule has 3 N–H and O–H groups in total. The van der Waals surface area contributed by atoms with Crippen molar-refractivity contribution in [3.05, 3.63) is 0 Å². The molecule has 0 saturated heterocycles. The molecule has 0 heterocycles. The van der Waals surface area contributed by atoms with Gasteiger partial charge in [-0.3, -0.25) is 5.43 Å². The Labute approximate surface area is 105 Å². The Morgan fingerprint density at radius 1 is 1.29 bits per heavy atom. The fraction of sp³-hybridized carbons (Fsp3) is 0.923. The van der Waals surface area contributed by atoms with E-state index in [1.165, 1.54) is 38.5 Å². The molecule has 2 saturated carbocycles. The predicted octanol–water partition coefficient (Wildman–Crippen LogP) is 1.87. The van der Waals surface area contributed by atoms with Gasteiger partial charge in [-0.1, -0.05) is 26.7 Å². The van der Waals surface area contributed by atoms with Gasteiger partial charge in [-0.05, 0) is 31.6 Å². The lowest BCUT2D eigenvalue weighted by atomic mass is 10.2. The van der Waals surface area contributed by atoms with Crippen LogP contribution in [0.4, 0.5) is 0 Å². The standard InChI is InChI=1S/C13H26N4/c1-10(2)9-17(12-7-8-12)13(16-14)15-11-5-3-4-6-11/h10-12H,3-9,14H2,1-2H3,(H,15,16). The van der Waals surface area contributed by atoms with Crippen molar-refractivity contribution in [2.45, 2.75) is 64.5 Å². The normalized spacial score (nSPS) is 22.2. The quantitative estimate of drug-likeness (QED) is 0.340. The van der Waals surface area contributed by atoms with Crippen LogP contribution in [-0.2, 0) is 0 Å². The summed E-state index contributed by atoms with van der Waals surface area (Å²) in [6.45, 7) is 5.55. The van der Waals surface area contributed by atoms with Gasteiger partial charge < -0.3 is 4.90 Å². The van der Waals surface area contributed by atoms with Crippen LogP contribution in [0, 0.1) is 5.92 Å². The third-order valence-electron chi connectivity index (χ3n) is 3.58. The summed E-state index contributed by atoms with van der Waals surface area (Å²) in [6, 6.07) is 1.17. The van der Waals surface area contributed by atoms with Crippen LogP contribution >= 0.6 is 0 Å². The Morgan fingerprint density at radius 3 is 2.41 bits per heavy atom. The van der Waals surface area contributed by atoms with Gasteiger partial charge in [-0.15, -0.1) is 0 Å². The second-order valence-corrected chi connectivity index (χ2v) is 5.81. The van der Waals surface area contributed by atoms with Crippen molar-refractivity contribution in [1.82, 2.24) is 10.3 Å². The average Bonchev–Trinajstić information content (AvgIpc) is 3.01. The van der Waals surface area contributed by atoms with Gasteiger partial charge in [0.05, 0.1) is 6.04 Å². The molecular weight excluding hydrogens is 212 g/mol. The van der Waals surface area contributed by atoms with Gasteiger partial charge in [0.1, 0.15) is 0 Å². The maximum absolute atomic E-state index is 5.67. The Kier molecular flexibility index (Phi) is 4.26. The summed E-state index contributed by atoms with van der Waals surface area (Å²) >= 11 is 0. The number of guanidine groups is 1. The lowest BCUT2D eigenvalue weighted by Crippen LogP contribution is -2.48. The van der Waals surface area contributed by atoms with Crippen LogP contribution in [0.1, 0.15) is 52.4 Å². The summed E-state index contributed by atoms with van der Waals surface area (Å²) in [5.74, 6) is 7.25. The zero-order valence-electron chi connectivity index (χ0n) is 11.2. The first-order chi connectivity index (χ1) is 8.20. The van der Waals surface area contributed by atoms with Crippen molar-refractivity contribution < 1.29 is 0 Å². The fourth-order valence-electron chi connectivity index (χ4n) is 2.59. The van der Waals surface area contributed by atoms with E-state index < -0.39 is 0 Å². The number of rotatable bonds is 4. The van der Waals surface area contributed by atoms with Crippen LogP contribution in [0.25, 0.3) is 0 Å². The molecule has 0 unspecified atom stereocenters. The second kappa shape index (κ2) is 5.71. The maximum Gasteiger partial charge on any atom is 0.208 e. The zero-order chi connectivity index (χ0) is 12.3. The van der Waals surface area contributed by atoms with Crippen molar-refractivity contribution >= 4 is 5.96 Å². The lowest BCUT2D eigenvalue weighted by Gasteiger charge is -2.28. The minimum Gasteiger partial charge on any atom is -0.339 e. The highest BCUT2D eigenvalue weighted by atomic mass is 15.4. The largest absolute Gasteiger partial charge is 0.339 e. The van der Waals surface area contributed by atoms with E-state index in [2.05, 4.69) is 24.2 Å². The summed E-state index contributed by atoms with van der Waals surface area (Å²) in [4.78, 5) is 7.19. The Morgan fingerprint density at radius 2 is 1.94 bits per heavy atom. The summed E-state index contributed by atoms with van der Waals surface area (Å²) < 4.78 is 0. The van der Waals surface area contributed by atoms with Gasteiger partial charge in [0, 0.05) is 12.6 Å². The molecule has 2 fully saturated rings. The third-order valence-corrected chi connectivity index (χ3v) is 3.58. The number of nitrogens with one attached hydrogen (secondary N) is 1. The monoisotopic (exact) mass is 238 g/mol. The number of aliphatic imine (C=N–C) groups is 1. The molecule has 17 heavy (non-hydrogen) atoms. The Hall–Kier alpha value is -0.770. The second-order valence-electron chi connectivity index (χ2n) is 5.81. The number of nitrogens with zero attached hydrogens (tertiary/aromatic N) is 2. The van der Waals surface area contributed by atoms with Gasteiger partial charge >= 0.3 is 0 Å². The van der Waals surface area contributed by atoms with Gasteiger partial charge in [-0.25, -0.2) is 10.8 Å². The molecular formula is C13H26N4. The van der Waals surface area contributed by atoms with Crippen LogP contribution in [-0.4, -0.2) is 29.5 Å². The topological polar surface area (TPSA) is 53.6 Å². The predicted molar refractivity (Wildman–Crippen MR) is 71.6 cm³/mol. The number of nitrogens with two attached hydrogens (primary N) is 1. The van der Waals surface area contributed by atoms with Gasteiger partial charge in [-0.2, -0.15) is 0 Å². The molecule has 0 aliphatic heterocycles. The molecule has 0 atom stereocenters. The molecule has 0 aromatic heterocycles. The molecule has 0 aromatic carbocycles. The van der Waals surface area contributed by atoms with Crippen molar-refractivity contribution in [1.29, 1.82) is 0 Å². The SMILES string of the molecule is CC(C)CN(C(=NC1CCCC1)NN)C1CC1. The van der Waals surface area contributed by atoms with E-state index in [9.17, 15) is 0 Å². The van der Waals surface area contributed by atoms with Crippen LogP contribution < -0.4 is 11.3 Å². The van der Waals surface area contributed by atoms with E-state index in [1.54, 1.807) is 0 Å². The van der Waals surface area contributed by atoms with Crippen molar-refractivity contribution in [3.63, 3.8) is 0 Å². The van der Waals surface area contributed by atoms with Crippen molar-refractivity contribution in [3.8, 4) is 0 Å². The summed E-state index contributed by atoms with van der Waals surface area (Å²) in [5, 5.41) is 0. The average molecular weight is 238 g/mol. The van der Waals surface area contributed by atoms with E-state index in [1.807, 2.05) is 0 Å².